The van der Waals surface area contributed by atoms with Crippen molar-refractivity contribution in [2.45, 2.75) is 125 Å². The fourth-order valence-electron chi connectivity index (χ4n) is 10.00. The Bertz CT molecular complexity index is 3530. The molecule has 81 heavy (non-hydrogen) atoms. The van der Waals surface area contributed by atoms with E-state index in [1.54, 1.807) is 0 Å². The molecule has 0 atom stereocenters. The summed E-state index contributed by atoms with van der Waals surface area (Å²) in [6, 6.07) is 75.4. The summed E-state index contributed by atoms with van der Waals surface area (Å²) in [5.41, 5.74) is 23.1. The SMILES string of the molecule is CC(C)(C)c1ccc(-c2cc(-c3ccc(C(C)(C)C)cc3)cc(-c3cc[c-]c(-c4ccccn4)c3)c2)cc1.CCCc1nc(-c2[c-]ccc(-c3cc(-c4ccc(C(C)(C)C)cc4)cc(-c4ccc(C(C)(C)C)cc4)c3)c2)n(C)n1.[Ir].[Ir]. The zero-order valence-electron chi connectivity index (χ0n) is 49.8. The van der Waals surface area contributed by atoms with Gasteiger partial charge in [0.15, 0.2) is 0 Å². The molecule has 0 aliphatic heterocycles. The van der Waals surface area contributed by atoms with Gasteiger partial charge in [0.2, 0.25) is 0 Å². The van der Waals surface area contributed by atoms with Gasteiger partial charge in [-0.3, -0.25) is 9.67 Å². The fourth-order valence-corrected chi connectivity index (χ4v) is 10.00. The minimum atomic E-state index is 0. The molecule has 0 fully saturated rings. The first-order chi connectivity index (χ1) is 37.5. The van der Waals surface area contributed by atoms with E-state index in [9.17, 15) is 0 Å². The van der Waals surface area contributed by atoms with Crippen LogP contribution in [0.5, 0.6) is 0 Å². The zero-order chi connectivity index (χ0) is 56.3. The van der Waals surface area contributed by atoms with Crippen LogP contribution < -0.4 is 0 Å². The number of hydrogen-bond donors (Lipinski definition) is 0. The smallest absolute Gasteiger partial charge is 0.140 e. The standard InChI is InChI=1S/C38H42N3.C37H36N.2Ir/c1-9-11-35-39-36(41(8)40-35)29-13-10-12-28(22-29)32-24-30(26-14-18-33(19-15-26)37(2,3)4)23-31(25-32)27-16-20-34(21-17-27)38(5,6)7;1-36(2,3)33-17-13-26(14-18-33)30-23-31(27-15-19-34(20-16-27)37(4,5)6)25-32(24-30)28-10-9-11-29(22-28)35-12-7-8-21-38-35;;/h10,12,14-25H,9,11H2,1-8H3;7-10,12-25H,1-6H3;;/q2*-1;;. The molecule has 0 aliphatic carbocycles. The second kappa shape index (κ2) is 25.6. The van der Waals surface area contributed by atoms with Gasteiger partial charge in [0.05, 0.1) is 5.82 Å². The maximum Gasteiger partial charge on any atom is 0.140 e. The van der Waals surface area contributed by atoms with Crippen LogP contribution in [0.3, 0.4) is 0 Å². The molecule has 0 saturated heterocycles. The number of hydrogen-bond acceptors (Lipinski definition) is 3. The van der Waals surface area contributed by atoms with Crippen molar-refractivity contribution in [2.75, 3.05) is 0 Å². The Balaban J connectivity index is 0.000000229. The van der Waals surface area contributed by atoms with Gasteiger partial charge < -0.3 is 4.98 Å². The van der Waals surface area contributed by atoms with Crippen LogP contribution in [0.4, 0.5) is 0 Å². The van der Waals surface area contributed by atoms with Gasteiger partial charge in [0.25, 0.3) is 0 Å². The van der Waals surface area contributed by atoms with E-state index in [1.807, 2.05) is 48.3 Å². The van der Waals surface area contributed by atoms with E-state index in [1.165, 1.54) is 77.9 Å². The Morgan fingerprint density at radius 2 is 0.716 bits per heavy atom. The van der Waals surface area contributed by atoms with E-state index < -0.39 is 0 Å². The van der Waals surface area contributed by atoms with E-state index in [-0.39, 0.29) is 61.9 Å². The second-order valence-electron chi connectivity index (χ2n) is 25.3. The van der Waals surface area contributed by atoms with E-state index in [4.69, 9.17) is 4.98 Å². The van der Waals surface area contributed by atoms with Crippen LogP contribution in [0.2, 0.25) is 0 Å². The van der Waals surface area contributed by atoms with Crippen molar-refractivity contribution in [1.29, 1.82) is 0 Å². The summed E-state index contributed by atoms with van der Waals surface area (Å²) in [5, 5.41) is 4.62. The number of pyridine rings is 1. The van der Waals surface area contributed by atoms with Gasteiger partial charge in [0.1, 0.15) is 5.82 Å². The van der Waals surface area contributed by atoms with Crippen molar-refractivity contribution < 1.29 is 40.2 Å². The normalized spacial score (nSPS) is 11.7. The predicted octanol–water partition coefficient (Wildman–Crippen LogP) is 20.0. The van der Waals surface area contributed by atoms with Crippen molar-refractivity contribution in [3.63, 3.8) is 0 Å². The average Bonchev–Trinajstić information content (AvgIpc) is 3.87. The van der Waals surface area contributed by atoms with Gasteiger partial charge >= 0.3 is 0 Å². The molecular formula is C75H78Ir2N4-2. The molecule has 10 rings (SSSR count). The second-order valence-corrected chi connectivity index (χ2v) is 25.3. The summed E-state index contributed by atoms with van der Waals surface area (Å²) in [5.74, 6) is 1.73. The molecule has 418 valence electrons. The van der Waals surface area contributed by atoms with Gasteiger partial charge in [0, 0.05) is 59.9 Å². The third kappa shape index (κ3) is 15.3. The molecule has 2 radical (unpaired) electrons. The van der Waals surface area contributed by atoms with Crippen molar-refractivity contribution >= 4 is 0 Å². The molecule has 2 heterocycles. The maximum atomic E-state index is 4.81. The average molecular weight is 1420 g/mol. The topological polar surface area (TPSA) is 43.6 Å². The summed E-state index contributed by atoms with van der Waals surface area (Å²) in [6.07, 6.45) is 3.73. The van der Waals surface area contributed by atoms with Crippen LogP contribution in [0, 0.1) is 12.1 Å². The van der Waals surface area contributed by atoms with Crippen molar-refractivity contribution in [2.24, 2.45) is 7.05 Å². The van der Waals surface area contributed by atoms with Crippen molar-refractivity contribution in [1.82, 2.24) is 19.7 Å². The minimum Gasteiger partial charge on any atom is -0.305 e. The summed E-state index contributed by atoms with van der Waals surface area (Å²) in [6.45, 7) is 29.2. The largest absolute Gasteiger partial charge is 0.305 e. The van der Waals surface area contributed by atoms with Crippen LogP contribution in [-0.2, 0) is 75.3 Å². The quantitative estimate of drug-likeness (QED) is 0.128. The predicted molar refractivity (Wildman–Crippen MR) is 335 cm³/mol. The van der Waals surface area contributed by atoms with Crippen LogP contribution in [-0.4, -0.2) is 19.7 Å². The van der Waals surface area contributed by atoms with E-state index in [0.717, 1.165) is 52.4 Å². The van der Waals surface area contributed by atoms with Gasteiger partial charge in [-0.05, 0) is 154 Å². The van der Waals surface area contributed by atoms with Crippen LogP contribution >= 0.6 is 0 Å². The first-order valence-electron chi connectivity index (χ1n) is 28.1. The van der Waals surface area contributed by atoms with Gasteiger partial charge in [-0.2, -0.15) is 5.10 Å². The van der Waals surface area contributed by atoms with E-state index in [0.29, 0.717) is 0 Å². The monoisotopic (exact) mass is 1420 g/mol. The minimum absolute atomic E-state index is 0. The number of benzene rings is 8. The third-order valence-corrected chi connectivity index (χ3v) is 14.9. The Labute approximate surface area is 511 Å². The molecule has 6 heteroatoms. The molecular weight excluding hydrogens is 1340 g/mol. The summed E-state index contributed by atoms with van der Waals surface area (Å²) < 4.78 is 1.87. The van der Waals surface area contributed by atoms with Gasteiger partial charge in [-0.15, -0.1) is 70.8 Å². The number of aryl methyl sites for hydroxylation is 2. The van der Waals surface area contributed by atoms with E-state index in [2.05, 4.69) is 270 Å². The van der Waals surface area contributed by atoms with Crippen LogP contribution in [0.15, 0.2) is 194 Å². The molecule has 0 aliphatic rings. The Morgan fingerprint density at radius 3 is 1.04 bits per heavy atom. The summed E-state index contributed by atoms with van der Waals surface area (Å²) in [4.78, 5) is 9.35. The first kappa shape index (κ1) is 62.0. The Morgan fingerprint density at radius 1 is 0.383 bits per heavy atom. The van der Waals surface area contributed by atoms with Crippen LogP contribution in [0.1, 0.15) is 125 Å². The first-order valence-corrected chi connectivity index (χ1v) is 28.1. The molecule has 0 spiro atoms. The van der Waals surface area contributed by atoms with Crippen LogP contribution in [0.25, 0.3) is 89.4 Å². The van der Waals surface area contributed by atoms with Crippen molar-refractivity contribution in [3.8, 4) is 89.4 Å². The third-order valence-electron chi connectivity index (χ3n) is 14.9. The van der Waals surface area contributed by atoms with Gasteiger partial charge in [-0.1, -0.05) is 199 Å². The molecule has 10 aromatic rings. The molecule has 0 bridgehead atoms. The molecule has 0 amide bonds. The molecule has 0 N–H and O–H groups in total. The summed E-state index contributed by atoms with van der Waals surface area (Å²) >= 11 is 0. The Kier molecular flexibility index (Phi) is 19.6. The molecule has 2 aromatic heterocycles. The van der Waals surface area contributed by atoms with Crippen molar-refractivity contribution in [3.05, 3.63) is 234 Å². The number of aromatic nitrogens is 4. The van der Waals surface area contributed by atoms with Gasteiger partial charge in [-0.25, -0.2) is 0 Å². The molecule has 0 unspecified atom stereocenters. The zero-order valence-corrected chi connectivity index (χ0v) is 54.6. The van der Waals surface area contributed by atoms with E-state index >= 15 is 0 Å². The Hall–Kier alpha value is -6.65. The molecule has 8 aromatic carbocycles. The number of rotatable bonds is 10. The number of nitrogens with zero attached hydrogens (tertiary/aromatic N) is 4. The fraction of sp³-hybridized carbons (Fsp3) is 0.267. The molecule has 4 nitrogen and oxygen atoms in total. The molecule has 0 saturated carbocycles. The summed E-state index contributed by atoms with van der Waals surface area (Å²) in [7, 11) is 1.96. The maximum absolute atomic E-state index is 4.81.